The highest BCUT2D eigenvalue weighted by Crippen LogP contribution is 2.13. The molecule has 2 fully saturated rings. The van der Waals surface area contributed by atoms with Crippen LogP contribution in [0.2, 0.25) is 0 Å². The predicted molar refractivity (Wildman–Crippen MR) is 103 cm³/mol. The standard InChI is InChI=1S/C19H24FN5O4/c1-22-13-17(27)25(19(22)29)8-2-3-16(26)23-9-11-24(12-10-23)18(28)21-15-6-4-14(20)5-7-15/h4-7H,2-3,8-13H2,1H3,(H,21,28). The lowest BCUT2D eigenvalue weighted by Crippen LogP contribution is -2.51. The fraction of sp³-hybridized carbons (Fsp3) is 0.474. The number of halogens is 1. The lowest BCUT2D eigenvalue weighted by Gasteiger charge is -2.34. The third kappa shape index (κ3) is 5.01. The van der Waals surface area contributed by atoms with Gasteiger partial charge in [0.1, 0.15) is 12.4 Å². The van der Waals surface area contributed by atoms with Crippen molar-refractivity contribution < 1.29 is 23.6 Å². The summed E-state index contributed by atoms with van der Waals surface area (Å²) in [7, 11) is 1.57. The zero-order valence-electron chi connectivity index (χ0n) is 16.3. The molecule has 10 heteroatoms. The fourth-order valence-corrected chi connectivity index (χ4v) is 3.33. The Balaban J connectivity index is 1.39. The van der Waals surface area contributed by atoms with Gasteiger partial charge in [-0.3, -0.25) is 14.5 Å². The number of rotatable bonds is 5. The van der Waals surface area contributed by atoms with Crippen LogP contribution in [0.25, 0.3) is 0 Å². The van der Waals surface area contributed by atoms with Crippen molar-refractivity contribution >= 4 is 29.6 Å². The first-order chi connectivity index (χ1) is 13.8. The van der Waals surface area contributed by atoms with Crippen molar-refractivity contribution in [1.82, 2.24) is 19.6 Å². The van der Waals surface area contributed by atoms with Gasteiger partial charge in [-0.2, -0.15) is 0 Å². The third-order valence-corrected chi connectivity index (χ3v) is 5.02. The Kier molecular flexibility index (Phi) is 6.30. The van der Waals surface area contributed by atoms with Crippen molar-refractivity contribution in [3.05, 3.63) is 30.1 Å². The molecule has 0 unspecified atom stereocenters. The van der Waals surface area contributed by atoms with Crippen LogP contribution in [0.5, 0.6) is 0 Å². The minimum Gasteiger partial charge on any atom is -0.339 e. The van der Waals surface area contributed by atoms with Crippen LogP contribution in [0.1, 0.15) is 12.8 Å². The summed E-state index contributed by atoms with van der Waals surface area (Å²) in [6.45, 7) is 1.93. The molecule has 0 bridgehead atoms. The number of likely N-dealkylation sites (N-methyl/N-ethyl adjacent to an activating group) is 1. The molecule has 2 aliphatic heterocycles. The van der Waals surface area contributed by atoms with E-state index in [0.717, 1.165) is 0 Å². The minimum absolute atomic E-state index is 0.0592. The fourth-order valence-electron chi connectivity index (χ4n) is 3.33. The van der Waals surface area contributed by atoms with Crippen LogP contribution in [0.3, 0.4) is 0 Å². The van der Waals surface area contributed by atoms with Crippen molar-refractivity contribution in [2.45, 2.75) is 12.8 Å². The van der Waals surface area contributed by atoms with E-state index in [1.54, 1.807) is 16.8 Å². The summed E-state index contributed by atoms with van der Waals surface area (Å²) in [5.41, 5.74) is 0.506. The quantitative estimate of drug-likeness (QED) is 0.745. The van der Waals surface area contributed by atoms with Gasteiger partial charge < -0.3 is 20.0 Å². The predicted octanol–water partition coefficient (Wildman–Crippen LogP) is 1.18. The summed E-state index contributed by atoms with van der Waals surface area (Å²) in [5.74, 6) is -0.678. The van der Waals surface area contributed by atoms with E-state index in [1.807, 2.05) is 0 Å². The maximum Gasteiger partial charge on any atom is 0.326 e. The van der Waals surface area contributed by atoms with E-state index in [0.29, 0.717) is 38.3 Å². The number of amides is 6. The van der Waals surface area contributed by atoms with Crippen LogP contribution in [-0.2, 0) is 9.59 Å². The normalized spacial score (nSPS) is 17.2. The summed E-state index contributed by atoms with van der Waals surface area (Å²) >= 11 is 0. The van der Waals surface area contributed by atoms with Crippen molar-refractivity contribution in [1.29, 1.82) is 0 Å². The zero-order chi connectivity index (χ0) is 21.0. The van der Waals surface area contributed by atoms with Gasteiger partial charge in [0.25, 0.3) is 0 Å². The van der Waals surface area contributed by atoms with E-state index < -0.39 is 0 Å². The van der Waals surface area contributed by atoms with Gasteiger partial charge in [-0.1, -0.05) is 0 Å². The van der Waals surface area contributed by atoms with Gasteiger partial charge in [-0.25, -0.2) is 14.0 Å². The minimum atomic E-state index is -0.374. The number of hydrogen-bond donors (Lipinski definition) is 1. The molecule has 156 valence electrons. The first kappa shape index (κ1) is 20.6. The number of carbonyl (C=O) groups excluding carboxylic acids is 4. The number of benzene rings is 1. The molecule has 0 spiro atoms. The summed E-state index contributed by atoms with van der Waals surface area (Å²) in [6, 6.07) is 4.89. The molecule has 1 aromatic rings. The molecule has 0 saturated carbocycles. The number of nitrogens with zero attached hydrogens (tertiary/aromatic N) is 4. The van der Waals surface area contributed by atoms with Gasteiger partial charge in [-0.05, 0) is 30.7 Å². The molecule has 2 saturated heterocycles. The largest absolute Gasteiger partial charge is 0.339 e. The van der Waals surface area contributed by atoms with E-state index in [9.17, 15) is 23.6 Å². The second kappa shape index (κ2) is 8.89. The second-order valence-corrected chi connectivity index (χ2v) is 7.09. The number of anilines is 1. The first-order valence-electron chi connectivity index (χ1n) is 9.50. The van der Waals surface area contributed by atoms with E-state index in [-0.39, 0.29) is 49.2 Å². The molecule has 0 aliphatic carbocycles. The molecule has 0 radical (unpaired) electrons. The Morgan fingerprint density at radius 1 is 1.03 bits per heavy atom. The van der Waals surface area contributed by atoms with E-state index in [1.165, 1.54) is 34.1 Å². The first-order valence-corrected chi connectivity index (χ1v) is 9.50. The van der Waals surface area contributed by atoms with Crippen molar-refractivity contribution in [3.63, 3.8) is 0 Å². The summed E-state index contributed by atoms with van der Waals surface area (Å²) < 4.78 is 12.9. The summed E-state index contributed by atoms with van der Waals surface area (Å²) in [4.78, 5) is 54.0. The molecule has 2 heterocycles. The van der Waals surface area contributed by atoms with Crippen LogP contribution >= 0.6 is 0 Å². The number of imide groups is 1. The maximum atomic E-state index is 12.9. The maximum absolute atomic E-state index is 12.9. The van der Waals surface area contributed by atoms with Crippen LogP contribution < -0.4 is 5.32 Å². The molecule has 3 rings (SSSR count). The number of nitrogens with one attached hydrogen (secondary N) is 1. The Morgan fingerprint density at radius 2 is 1.66 bits per heavy atom. The van der Waals surface area contributed by atoms with Crippen molar-refractivity contribution in [2.75, 3.05) is 51.6 Å². The number of carbonyl (C=O) groups is 4. The molecule has 29 heavy (non-hydrogen) atoms. The van der Waals surface area contributed by atoms with Gasteiger partial charge in [0.05, 0.1) is 0 Å². The molecule has 0 atom stereocenters. The van der Waals surface area contributed by atoms with Gasteiger partial charge in [0.15, 0.2) is 0 Å². The number of urea groups is 2. The number of hydrogen-bond acceptors (Lipinski definition) is 4. The highest BCUT2D eigenvalue weighted by Gasteiger charge is 2.33. The van der Waals surface area contributed by atoms with Crippen LogP contribution in [0.4, 0.5) is 19.7 Å². The molecular weight excluding hydrogens is 381 g/mol. The molecule has 1 aromatic carbocycles. The molecule has 9 nitrogen and oxygen atoms in total. The molecular formula is C19H24FN5O4. The Bertz CT molecular complexity index is 792. The zero-order valence-corrected chi connectivity index (χ0v) is 16.3. The highest BCUT2D eigenvalue weighted by molar-refractivity contribution is 6.01. The van der Waals surface area contributed by atoms with E-state index in [2.05, 4.69) is 5.32 Å². The molecule has 2 aliphatic rings. The van der Waals surface area contributed by atoms with Crippen molar-refractivity contribution in [2.24, 2.45) is 0 Å². The summed E-state index contributed by atoms with van der Waals surface area (Å²) in [5, 5.41) is 2.70. The Morgan fingerprint density at radius 3 is 2.24 bits per heavy atom. The van der Waals surface area contributed by atoms with Crippen LogP contribution in [-0.4, -0.2) is 89.8 Å². The lowest BCUT2D eigenvalue weighted by atomic mass is 10.2. The molecule has 6 amide bonds. The Hall–Kier alpha value is -3.17. The third-order valence-electron chi connectivity index (χ3n) is 5.02. The van der Waals surface area contributed by atoms with Crippen LogP contribution in [0, 0.1) is 5.82 Å². The SMILES string of the molecule is CN1CC(=O)N(CCCC(=O)N2CCN(C(=O)Nc3ccc(F)cc3)CC2)C1=O. The highest BCUT2D eigenvalue weighted by atomic mass is 19.1. The average molecular weight is 405 g/mol. The van der Waals surface area contributed by atoms with Crippen molar-refractivity contribution in [3.8, 4) is 0 Å². The second-order valence-electron chi connectivity index (χ2n) is 7.09. The van der Waals surface area contributed by atoms with E-state index in [4.69, 9.17) is 0 Å². The smallest absolute Gasteiger partial charge is 0.326 e. The topological polar surface area (TPSA) is 93.3 Å². The van der Waals surface area contributed by atoms with E-state index >= 15 is 0 Å². The van der Waals surface area contributed by atoms with Gasteiger partial charge in [0, 0.05) is 51.9 Å². The van der Waals surface area contributed by atoms with Gasteiger partial charge >= 0.3 is 12.1 Å². The molecule has 1 N–H and O–H groups in total. The summed E-state index contributed by atoms with van der Waals surface area (Å²) in [6.07, 6.45) is 0.651. The van der Waals surface area contributed by atoms with Crippen LogP contribution in [0.15, 0.2) is 24.3 Å². The lowest BCUT2D eigenvalue weighted by molar-refractivity contribution is -0.133. The Labute approximate surface area is 168 Å². The van der Waals surface area contributed by atoms with Gasteiger partial charge in [0.2, 0.25) is 11.8 Å². The molecule has 0 aromatic heterocycles. The average Bonchev–Trinajstić information content (AvgIpc) is 2.95. The number of piperazine rings is 1. The van der Waals surface area contributed by atoms with Gasteiger partial charge in [-0.15, -0.1) is 0 Å². The monoisotopic (exact) mass is 405 g/mol.